The highest BCUT2D eigenvalue weighted by Crippen LogP contribution is 2.59. The number of hydrogen-bond acceptors (Lipinski definition) is 4. The zero-order valence-corrected chi connectivity index (χ0v) is 28.6. The van der Waals surface area contributed by atoms with E-state index in [0.717, 1.165) is 67.3 Å². The van der Waals surface area contributed by atoms with E-state index in [4.69, 9.17) is 0 Å². The van der Waals surface area contributed by atoms with Gasteiger partial charge in [0.1, 0.15) is 0 Å². The number of hydrogen-bond donors (Lipinski definition) is 0. The minimum Gasteiger partial charge on any atom is -0.334 e. The molecule has 0 aromatic heterocycles. The maximum Gasteiger partial charge on any atom is 0.0893 e. The molecule has 51 heavy (non-hydrogen) atoms. The van der Waals surface area contributed by atoms with Crippen LogP contribution in [0.2, 0.25) is 0 Å². The fraction of sp³-hybridized carbons (Fsp3) is 0.0435. The predicted molar refractivity (Wildman–Crippen MR) is 212 cm³/mol. The molecule has 0 amide bonds. The van der Waals surface area contributed by atoms with Crippen LogP contribution in [0.15, 0.2) is 192 Å². The molecule has 0 bridgehead atoms. The van der Waals surface area contributed by atoms with Gasteiger partial charge in [-0.3, -0.25) is 0 Å². The lowest BCUT2D eigenvalue weighted by Gasteiger charge is -2.41. The van der Waals surface area contributed by atoms with Crippen LogP contribution in [0.1, 0.15) is 6.42 Å². The number of nitrogens with zero attached hydrogens (tertiary/aromatic N) is 3. The first-order valence-electron chi connectivity index (χ1n) is 17.4. The quantitative estimate of drug-likeness (QED) is 0.181. The monoisotopic (exact) mass is 675 g/mol. The number of rotatable bonds is 5. The summed E-state index contributed by atoms with van der Waals surface area (Å²) in [6.07, 6.45) is 9.72. The molecule has 0 saturated heterocycles. The molecule has 7 aromatic carbocycles. The Hall–Kier alpha value is -6.17. The summed E-state index contributed by atoms with van der Waals surface area (Å²) in [5.74, 6) is 0. The van der Waals surface area contributed by atoms with Crippen molar-refractivity contribution in [3.05, 3.63) is 182 Å². The highest BCUT2D eigenvalue weighted by Gasteiger charge is 2.37. The molecule has 3 aliphatic rings. The van der Waals surface area contributed by atoms with E-state index < -0.39 is 10.8 Å². The second kappa shape index (κ2) is 12.0. The minimum absolute atomic E-state index is 0.209. The number of anilines is 8. The summed E-state index contributed by atoms with van der Waals surface area (Å²) in [5.41, 5.74) is 10.7. The molecule has 4 nitrogen and oxygen atoms in total. The van der Waals surface area contributed by atoms with Gasteiger partial charge in [-0.25, -0.2) is 4.21 Å². The van der Waals surface area contributed by atoms with Crippen LogP contribution < -0.4 is 14.7 Å². The van der Waals surface area contributed by atoms with Gasteiger partial charge in [0.25, 0.3) is 0 Å². The first-order chi connectivity index (χ1) is 25.3. The van der Waals surface area contributed by atoms with Crippen LogP contribution in [0.3, 0.4) is 0 Å². The lowest BCUT2D eigenvalue weighted by molar-refractivity contribution is 0.682. The van der Waals surface area contributed by atoms with Gasteiger partial charge in [-0.15, -0.1) is 0 Å². The van der Waals surface area contributed by atoms with Crippen LogP contribution in [0, 0.1) is 0 Å². The fourth-order valence-electron chi connectivity index (χ4n) is 8.02. The fourth-order valence-corrected chi connectivity index (χ4v) is 9.36. The topological polar surface area (TPSA) is 26.8 Å². The average molecular weight is 676 g/mol. The zero-order valence-electron chi connectivity index (χ0n) is 27.8. The number of benzene rings is 7. The molecule has 2 heterocycles. The van der Waals surface area contributed by atoms with Crippen LogP contribution >= 0.6 is 0 Å². The lowest BCUT2D eigenvalue weighted by Crippen LogP contribution is -2.29. The minimum atomic E-state index is -1.37. The van der Waals surface area contributed by atoms with Gasteiger partial charge in [-0.2, -0.15) is 0 Å². The molecule has 2 aliphatic heterocycles. The maximum absolute atomic E-state index is 14.5. The Morgan fingerprint density at radius 3 is 1.98 bits per heavy atom. The van der Waals surface area contributed by atoms with Crippen LogP contribution in [-0.4, -0.2) is 10.3 Å². The first kappa shape index (κ1) is 29.7. The summed E-state index contributed by atoms with van der Waals surface area (Å²) in [6, 6.07) is 55.7. The van der Waals surface area contributed by atoms with Crippen molar-refractivity contribution in [3.63, 3.8) is 0 Å². The molecule has 5 heteroatoms. The molecule has 244 valence electrons. The van der Waals surface area contributed by atoms with Crippen molar-refractivity contribution in [2.45, 2.75) is 22.3 Å². The average Bonchev–Trinajstić information content (AvgIpc) is 3.20. The molecule has 0 spiro atoms. The smallest absolute Gasteiger partial charge is 0.0893 e. The van der Waals surface area contributed by atoms with Gasteiger partial charge in [0, 0.05) is 33.7 Å². The van der Waals surface area contributed by atoms with Crippen molar-refractivity contribution in [1.29, 1.82) is 0 Å². The van der Waals surface area contributed by atoms with E-state index in [0.29, 0.717) is 0 Å². The first-order valence-corrected chi connectivity index (χ1v) is 18.5. The Balaban J connectivity index is 1.22. The molecule has 0 fully saturated rings. The third kappa shape index (κ3) is 4.69. The van der Waals surface area contributed by atoms with Crippen LogP contribution in [-0.2, 0) is 10.8 Å². The third-order valence-electron chi connectivity index (χ3n) is 10.2. The molecule has 10 rings (SSSR count). The molecule has 0 saturated carbocycles. The highest BCUT2D eigenvalue weighted by atomic mass is 32.2. The van der Waals surface area contributed by atoms with Crippen LogP contribution in [0.4, 0.5) is 45.5 Å². The Morgan fingerprint density at radius 1 is 0.529 bits per heavy atom. The van der Waals surface area contributed by atoms with Gasteiger partial charge in [0.2, 0.25) is 0 Å². The number of allylic oxidation sites excluding steroid dienone is 2. The summed E-state index contributed by atoms with van der Waals surface area (Å²) in [4.78, 5) is 8.74. The van der Waals surface area contributed by atoms with E-state index in [-0.39, 0.29) is 6.04 Å². The highest BCUT2D eigenvalue weighted by molar-refractivity contribution is 7.85. The van der Waals surface area contributed by atoms with Gasteiger partial charge in [-0.1, -0.05) is 109 Å². The Labute approximate surface area is 300 Å². The van der Waals surface area contributed by atoms with Crippen molar-refractivity contribution in [2.24, 2.45) is 0 Å². The molecule has 0 radical (unpaired) electrons. The van der Waals surface area contributed by atoms with E-state index in [1.165, 1.54) is 16.3 Å². The van der Waals surface area contributed by atoms with E-state index in [1.807, 2.05) is 24.3 Å². The Bertz CT molecular complexity index is 2540. The largest absolute Gasteiger partial charge is 0.334 e. The van der Waals surface area contributed by atoms with E-state index >= 15 is 0 Å². The summed E-state index contributed by atoms with van der Waals surface area (Å²) in [7, 11) is -1.37. The van der Waals surface area contributed by atoms with Gasteiger partial charge < -0.3 is 14.7 Å². The SMILES string of the molecule is O=S1c2ccccc2N(c2ccccc2)c2c1ccc1c2N(c2ccc(N(c3ccccc3)C3C=CC=CC3)cc2)c2cccc3cccc-1c23. The van der Waals surface area contributed by atoms with Gasteiger partial charge in [-0.05, 0) is 90.2 Å². The molecule has 2 unspecified atom stereocenters. The van der Waals surface area contributed by atoms with Crippen LogP contribution in [0.5, 0.6) is 0 Å². The summed E-state index contributed by atoms with van der Waals surface area (Å²) >= 11 is 0. The second-order valence-corrected chi connectivity index (χ2v) is 14.5. The molecule has 0 N–H and O–H groups in total. The predicted octanol–water partition coefficient (Wildman–Crippen LogP) is 12.3. The third-order valence-corrected chi connectivity index (χ3v) is 11.7. The summed E-state index contributed by atoms with van der Waals surface area (Å²) in [6.45, 7) is 0. The molecular formula is C46H33N3OS. The number of para-hydroxylation sites is 3. The molecule has 7 aromatic rings. The summed E-state index contributed by atoms with van der Waals surface area (Å²) < 4.78 is 14.5. The van der Waals surface area contributed by atoms with Crippen molar-refractivity contribution >= 4 is 67.1 Å². The standard InChI is InChI=1S/C46H33N3OS/c50-51-42-25-11-10-23-40(42)48(35-20-8-3-9-21-35)46-43(51)31-30-39-38-22-12-14-32-15-13-24-41(44(32)38)49(45(39)46)37-28-26-36(27-29-37)47(33-16-4-1-5-17-33)34-18-6-2-7-19-34/h1-18,20-31,34H,19H2. The van der Waals surface area contributed by atoms with Crippen molar-refractivity contribution in [3.8, 4) is 11.1 Å². The second-order valence-electron chi connectivity index (χ2n) is 13.1. The lowest BCUT2D eigenvalue weighted by atomic mass is 9.89. The maximum atomic E-state index is 14.5. The number of fused-ring (bicyclic) bond motifs is 5. The molecular weight excluding hydrogens is 643 g/mol. The van der Waals surface area contributed by atoms with Crippen LogP contribution in [0.25, 0.3) is 21.9 Å². The Morgan fingerprint density at radius 2 is 1.20 bits per heavy atom. The van der Waals surface area contributed by atoms with E-state index in [1.54, 1.807) is 0 Å². The summed E-state index contributed by atoms with van der Waals surface area (Å²) in [5, 5.41) is 2.40. The van der Waals surface area contributed by atoms with Crippen molar-refractivity contribution in [1.82, 2.24) is 0 Å². The van der Waals surface area contributed by atoms with Crippen molar-refractivity contribution in [2.75, 3.05) is 14.7 Å². The normalized spacial score (nSPS) is 16.8. The van der Waals surface area contributed by atoms with Crippen molar-refractivity contribution < 1.29 is 4.21 Å². The Kier molecular flexibility index (Phi) is 7.00. The van der Waals surface area contributed by atoms with Gasteiger partial charge >= 0.3 is 0 Å². The van der Waals surface area contributed by atoms with E-state index in [2.05, 4.69) is 172 Å². The van der Waals surface area contributed by atoms with Gasteiger partial charge in [0.15, 0.2) is 0 Å². The van der Waals surface area contributed by atoms with E-state index in [9.17, 15) is 4.21 Å². The van der Waals surface area contributed by atoms with Gasteiger partial charge in [0.05, 0.1) is 49.4 Å². The molecule has 1 aliphatic carbocycles. The zero-order chi connectivity index (χ0) is 33.9. The molecule has 2 atom stereocenters.